The fraction of sp³-hybridized carbons (Fsp3) is 0. The molecule has 0 N–H and O–H groups in total. The molecule has 6 nitrogen and oxygen atoms in total. The zero-order chi connectivity index (χ0) is 58.8. The van der Waals surface area contributed by atoms with Crippen LogP contribution < -0.4 is 0 Å². The van der Waals surface area contributed by atoms with Gasteiger partial charge in [0.1, 0.15) is 11.2 Å². The number of para-hydroxylation sites is 4. The van der Waals surface area contributed by atoms with Gasteiger partial charge in [-0.25, -0.2) is 0 Å². The van der Waals surface area contributed by atoms with Gasteiger partial charge in [0.15, 0.2) is 5.82 Å². The third kappa shape index (κ3) is 5.62. The minimum absolute atomic E-state index is 0.230. The average molecular weight is 826 g/mol. The SMILES string of the molecule is [2H]c1c([2H])c([2H])c(-c2c([2H])c([2H])c3c4c([2H])c([2H])c([2H])c([2H])c4n(-c4nc(-c5cccc(-c6cccc(-c7cccc8oc9ccccc9c78)c6)c5)nc(-n5c6c([2H])c([2H])c([2H])c([2H])c6c6c([2H])c([2H])c([2H])c([2H])c65)n4)c3c2[2H])c([2H])c1[2H]. The van der Waals surface area contributed by atoms with Crippen molar-refractivity contribution >= 4 is 65.6 Å². The quantitative estimate of drug-likeness (QED) is 0.168. The van der Waals surface area contributed by atoms with E-state index in [0.29, 0.717) is 22.3 Å². The molecule has 0 bridgehead atoms. The first-order chi connectivity index (χ1) is 39.5. The van der Waals surface area contributed by atoms with Crippen LogP contribution in [0.4, 0.5) is 0 Å². The topological polar surface area (TPSA) is 61.7 Å². The predicted molar refractivity (Wildman–Crippen MR) is 258 cm³/mol. The zero-order valence-corrected chi connectivity index (χ0v) is 32.3. The number of benzene rings is 9. The van der Waals surface area contributed by atoms with Crippen LogP contribution in [0.25, 0.3) is 122 Å². The van der Waals surface area contributed by atoms with Gasteiger partial charge in [-0.05, 0) is 81.8 Å². The number of hydrogen-bond donors (Lipinski definition) is 0. The number of aromatic nitrogens is 5. The molecule has 0 atom stereocenters. The van der Waals surface area contributed by atoms with E-state index in [1.54, 1.807) is 18.2 Å². The van der Waals surface area contributed by atoms with E-state index < -0.39 is 177 Å². The summed E-state index contributed by atoms with van der Waals surface area (Å²) in [5.74, 6) is -1.41. The molecule has 0 saturated heterocycles. The van der Waals surface area contributed by atoms with Crippen molar-refractivity contribution in [2.45, 2.75) is 0 Å². The molecule has 0 aliphatic heterocycles. The van der Waals surface area contributed by atoms with Crippen LogP contribution in [0.1, 0.15) is 27.4 Å². The molecular weight excluding hydrogens is 771 g/mol. The second kappa shape index (κ2) is 14.0. The Kier molecular flexibility index (Phi) is 4.61. The van der Waals surface area contributed by atoms with E-state index in [9.17, 15) is 9.60 Å². The lowest BCUT2D eigenvalue weighted by molar-refractivity contribution is 0.669. The van der Waals surface area contributed by atoms with Crippen LogP contribution in [-0.4, -0.2) is 24.1 Å². The van der Waals surface area contributed by atoms with Crippen LogP contribution >= 0.6 is 0 Å². The van der Waals surface area contributed by atoms with Gasteiger partial charge in [0.25, 0.3) is 0 Å². The second-order valence-corrected chi connectivity index (χ2v) is 14.5. The first-order valence-corrected chi connectivity index (χ1v) is 19.6. The number of rotatable bonds is 6. The van der Waals surface area contributed by atoms with Crippen LogP contribution in [0.15, 0.2) is 216 Å². The lowest BCUT2D eigenvalue weighted by Crippen LogP contribution is -2.10. The molecule has 4 aromatic heterocycles. The molecule has 6 heteroatoms. The van der Waals surface area contributed by atoms with Gasteiger partial charge in [-0.15, -0.1) is 0 Å². The molecule has 0 unspecified atom stereocenters. The maximum absolute atomic E-state index is 9.94. The summed E-state index contributed by atoms with van der Waals surface area (Å²) >= 11 is 0. The summed E-state index contributed by atoms with van der Waals surface area (Å²) in [5.41, 5.74) is 1.67. The van der Waals surface area contributed by atoms with E-state index in [-0.39, 0.29) is 22.2 Å². The highest BCUT2D eigenvalue weighted by Crippen LogP contribution is 2.39. The molecule has 13 aromatic rings. The van der Waals surface area contributed by atoms with Gasteiger partial charge in [0.2, 0.25) is 11.9 Å². The molecule has 4 heterocycles. The Balaban J connectivity index is 1.17. The molecule has 0 aliphatic carbocycles. The largest absolute Gasteiger partial charge is 0.456 e. The van der Waals surface area contributed by atoms with E-state index >= 15 is 0 Å². The van der Waals surface area contributed by atoms with Crippen molar-refractivity contribution in [1.82, 2.24) is 24.1 Å². The summed E-state index contributed by atoms with van der Waals surface area (Å²) in [7, 11) is 0. The third-order valence-electron chi connectivity index (χ3n) is 11.0. The van der Waals surface area contributed by atoms with Gasteiger partial charge in [-0.1, -0.05) is 163 Å². The van der Waals surface area contributed by atoms with Crippen LogP contribution in [0.3, 0.4) is 0 Å². The van der Waals surface area contributed by atoms with Gasteiger partial charge in [-0.3, -0.25) is 9.13 Å². The van der Waals surface area contributed by atoms with E-state index in [4.69, 9.17) is 37.2 Å². The van der Waals surface area contributed by atoms with Crippen LogP contribution in [0.2, 0.25) is 0 Å². The second-order valence-electron chi connectivity index (χ2n) is 14.5. The zero-order valence-electron chi connectivity index (χ0n) is 52.3. The van der Waals surface area contributed by atoms with E-state index in [1.807, 2.05) is 72.8 Å². The highest BCUT2D eigenvalue weighted by atomic mass is 16.3. The molecular formula is C57H35N5O. The van der Waals surface area contributed by atoms with Gasteiger partial charge in [0, 0.05) is 37.9 Å². The summed E-state index contributed by atoms with van der Waals surface area (Å²) in [6.07, 6.45) is 0. The Morgan fingerprint density at radius 2 is 0.921 bits per heavy atom. The lowest BCUT2D eigenvalue weighted by Gasteiger charge is -2.13. The van der Waals surface area contributed by atoms with Crippen molar-refractivity contribution in [2.24, 2.45) is 0 Å². The number of nitrogens with zero attached hydrogens (tertiary/aromatic N) is 5. The Morgan fingerprint density at radius 3 is 1.62 bits per heavy atom. The standard InChI is InChI=1S/C57H35N5O/c1-2-15-36(16-3-1)39-31-32-46-45-23-6-10-28-50(45)62(51(46)35-39)57-59-55(58-56(60-57)61-48-26-8-4-21-43(48)44-22-5-9-27-49(44)61)41-20-13-18-38(34-41)37-17-12-19-40(33-37)42-25-14-30-53-54(42)47-24-7-11-29-52(47)63-53/h1-35H/i1D,2D,3D,4D,5D,6D,8D,9D,10D,15D,16D,21D,22D,23D,26D,27D,28D,31D,32D,35D. The monoisotopic (exact) mass is 825 g/mol. The summed E-state index contributed by atoms with van der Waals surface area (Å²) < 4.78 is 188. The van der Waals surface area contributed by atoms with Gasteiger partial charge < -0.3 is 4.42 Å². The normalized spacial score (nSPS) is 16.3. The van der Waals surface area contributed by atoms with Gasteiger partial charge >= 0.3 is 0 Å². The fourth-order valence-corrected chi connectivity index (χ4v) is 8.23. The van der Waals surface area contributed by atoms with Crippen molar-refractivity contribution in [2.75, 3.05) is 0 Å². The average Bonchev–Trinajstić information content (AvgIpc) is 2.03. The minimum Gasteiger partial charge on any atom is -0.456 e. The van der Waals surface area contributed by atoms with Crippen LogP contribution in [0.5, 0.6) is 0 Å². The van der Waals surface area contributed by atoms with Crippen LogP contribution in [-0.2, 0) is 0 Å². The summed E-state index contributed by atoms with van der Waals surface area (Å²) in [6, 6.07) is 12.8. The Hall–Kier alpha value is -8.61. The van der Waals surface area contributed by atoms with E-state index in [1.165, 1.54) is 0 Å². The van der Waals surface area contributed by atoms with Crippen molar-refractivity contribution < 1.29 is 31.8 Å². The third-order valence-corrected chi connectivity index (χ3v) is 11.0. The van der Waals surface area contributed by atoms with Gasteiger partial charge in [0.05, 0.1) is 49.5 Å². The first kappa shape index (κ1) is 20.8. The van der Waals surface area contributed by atoms with Crippen molar-refractivity contribution in [1.29, 1.82) is 0 Å². The molecule has 0 fully saturated rings. The number of furan rings is 1. The minimum atomic E-state index is -0.827. The van der Waals surface area contributed by atoms with Crippen LogP contribution in [0, 0.1) is 0 Å². The maximum Gasteiger partial charge on any atom is 0.240 e. The predicted octanol–water partition coefficient (Wildman–Crippen LogP) is 14.6. The molecule has 13 rings (SSSR count). The summed E-state index contributed by atoms with van der Waals surface area (Å²) in [4.78, 5) is 14.7. The summed E-state index contributed by atoms with van der Waals surface area (Å²) in [6.45, 7) is 0. The molecule has 0 radical (unpaired) electrons. The molecule has 0 amide bonds. The molecule has 0 saturated carbocycles. The Morgan fingerprint density at radius 1 is 0.381 bits per heavy atom. The molecule has 0 aliphatic rings. The Labute approximate surface area is 389 Å². The molecule has 63 heavy (non-hydrogen) atoms. The molecule has 9 aromatic carbocycles. The lowest BCUT2D eigenvalue weighted by atomic mass is 9.95. The molecule has 0 spiro atoms. The van der Waals surface area contributed by atoms with Crippen molar-refractivity contribution in [3.63, 3.8) is 0 Å². The highest BCUT2D eigenvalue weighted by Gasteiger charge is 2.21. The maximum atomic E-state index is 9.94. The first-order valence-electron chi connectivity index (χ1n) is 29.6. The smallest absolute Gasteiger partial charge is 0.240 e. The summed E-state index contributed by atoms with van der Waals surface area (Å²) in [5, 5.41) is 0.362. The van der Waals surface area contributed by atoms with Crippen molar-refractivity contribution in [3.8, 4) is 56.7 Å². The van der Waals surface area contributed by atoms with E-state index in [0.717, 1.165) is 31.0 Å². The number of fused-ring (bicyclic) bond motifs is 9. The van der Waals surface area contributed by atoms with Gasteiger partial charge in [-0.2, -0.15) is 15.0 Å². The Bertz CT molecular complexity index is 5020. The molecule has 294 valence electrons. The van der Waals surface area contributed by atoms with E-state index in [2.05, 4.69) is 0 Å². The fourth-order valence-electron chi connectivity index (χ4n) is 8.23. The highest BCUT2D eigenvalue weighted by molar-refractivity contribution is 6.13. The van der Waals surface area contributed by atoms with Crippen molar-refractivity contribution in [3.05, 3.63) is 212 Å². The number of hydrogen-bond acceptors (Lipinski definition) is 4.